The molecule has 6 aromatic carbocycles. The lowest BCUT2D eigenvalue weighted by Gasteiger charge is -2.11. The van der Waals surface area contributed by atoms with Crippen molar-refractivity contribution < 1.29 is 4.42 Å². The zero-order chi connectivity index (χ0) is 34.3. The molecular weight excluding hydrogens is 625 g/mol. The second-order valence-electron chi connectivity index (χ2n) is 12.6. The van der Waals surface area contributed by atoms with Gasteiger partial charge in [-0.3, -0.25) is 0 Å². The fourth-order valence-corrected chi connectivity index (χ4v) is 6.92. The lowest BCUT2D eigenvalue weighted by molar-refractivity contribution is 0.669. The van der Waals surface area contributed by atoms with Gasteiger partial charge in [-0.05, 0) is 72.2 Å². The summed E-state index contributed by atoms with van der Waals surface area (Å²) in [6.45, 7) is 6.06. The number of hydrogen-bond acceptors (Lipinski definition) is 4. The number of aromatic nitrogens is 4. The molecule has 0 aliphatic rings. The summed E-state index contributed by atoms with van der Waals surface area (Å²) in [5.41, 5.74) is 9.87. The van der Waals surface area contributed by atoms with Gasteiger partial charge in [0.2, 0.25) is 0 Å². The Hall–Kier alpha value is -6.85. The molecule has 0 aliphatic heterocycles. The summed E-state index contributed by atoms with van der Waals surface area (Å²) in [7, 11) is 0. The normalized spacial score (nSPS) is 12.3. The van der Waals surface area contributed by atoms with E-state index in [9.17, 15) is 0 Å². The van der Waals surface area contributed by atoms with Gasteiger partial charge in [-0.15, -0.1) is 0 Å². The van der Waals surface area contributed by atoms with Gasteiger partial charge < -0.3 is 8.98 Å². The Labute approximate surface area is 295 Å². The van der Waals surface area contributed by atoms with Gasteiger partial charge in [-0.25, -0.2) is 15.0 Å². The van der Waals surface area contributed by atoms with E-state index in [2.05, 4.69) is 108 Å². The smallest absolute Gasteiger partial charge is 0.164 e. The van der Waals surface area contributed by atoms with Crippen LogP contribution in [0.1, 0.15) is 18.3 Å². The highest BCUT2D eigenvalue weighted by Gasteiger charge is 2.16. The molecule has 0 fully saturated rings. The molecule has 0 radical (unpaired) electrons. The zero-order valence-electron chi connectivity index (χ0n) is 28.0. The second-order valence-corrected chi connectivity index (χ2v) is 12.6. The van der Waals surface area contributed by atoms with Gasteiger partial charge in [-0.1, -0.05) is 122 Å². The van der Waals surface area contributed by atoms with E-state index in [4.69, 9.17) is 19.4 Å². The first-order chi connectivity index (χ1) is 25.1. The van der Waals surface area contributed by atoms with E-state index in [1.807, 2.05) is 73.7 Å². The third kappa shape index (κ3) is 5.42. The first-order valence-corrected chi connectivity index (χ1v) is 17.0. The van der Waals surface area contributed by atoms with Crippen molar-refractivity contribution in [1.82, 2.24) is 19.5 Å². The molecule has 0 saturated carbocycles. The number of furan rings is 1. The van der Waals surface area contributed by atoms with E-state index >= 15 is 0 Å². The monoisotopic (exact) mass is 656 g/mol. The molecule has 5 nitrogen and oxygen atoms in total. The van der Waals surface area contributed by atoms with E-state index in [-0.39, 0.29) is 0 Å². The van der Waals surface area contributed by atoms with Crippen LogP contribution in [0.5, 0.6) is 0 Å². The van der Waals surface area contributed by atoms with Crippen LogP contribution in [-0.4, -0.2) is 19.5 Å². The minimum Gasteiger partial charge on any atom is -0.456 e. The lowest BCUT2D eigenvalue weighted by atomic mass is 10.0. The van der Waals surface area contributed by atoms with Gasteiger partial charge in [0.1, 0.15) is 11.2 Å². The van der Waals surface area contributed by atoms with Gasteiger partial charge in [0.25, 0.3) is 0 Å². The second kappa shape index (κ2) is 12.6. The predicted octanol–water partition coefficient (Wildman–Crippen LogP) is 11.9. The Bertz CT molecular complexity index is 2770. The lowest BCUT2D eigenvalue weighted by Crippen LogP contribution is -2.02. The van der Waals surface area contributed by atoms with Gasteiger partial charge >= 0.3 is 0 Å². The molecule has 242 valence electrons. The van der Waals surface area contributed by atoms with Gasteiger partial charge in [0.15, 0.2) is 17.5 Å². The fourth-order valence-electron chi connectivity index (χ4n) is 6.92. The van der Waals surface area contributed by atoms with Crippen LogP contribution in [0.15, 0.2) is 175 Å². The summed E-state index contributed by atoms with van der Waals surface area (Å²) in [6.07, 6.45) is 5.96. The highest BCUT2D eigenvalue weighted by atomic mass is 16.3. The standard InChI is InChI=1S/C46H32N4O/c1-3-13-33(31-22-25-35(26-23-31)50-40-19-10-7-16-36(40)37-17-8-11-20-41(37)50)28-30(2)44-47-45(32-14-5-4-6-15-32)49-46(48-44)34-24-27-39-38-18-9-12-21-42(38)51-43(39)29-34/h3-29H,1H2,2H3/b30-28+,33-13+. The summed E-state index contributed by atoms with van der Waals surface area (Å²) in [6, 6.07) is 50.1. The van der Waals surface area contributed by atoms with Crippen LogP contribution in [0.25, 0.3) is 83.4 Å². The molecule has 0 bridgehead atoms. The molecule has 0 atom stereocenters. The van der Waals surface area contributed by atoms with Crippen LogP contribution in [0.4, 0.5) is 0 Å². The number of benzene rings is 6. The highest BCUT2D eigenvalue weighted by molar-refractivity contribution is 6.09. The van der Waals surface area contributed by atoms with Crippen molar-refractivity contribution in [2.45, 2.75) is 6.92 Å². The Kier molecular flexibility index (Phi) is 7.44. The number of para-hydroxylation sites is 3. The average Bonchev–Trinajstić information content (AvgIpc) is 3.73. The van der Waals surface area contributed by atoms with Crippen molar-refractivity contribution in [3.05, 3.63) is 182 Å². The summed E-state index contributed by atoms with van der Waals surface area (Å²) < 4.78 is 8.53. The summed E-state index contributed by atoms with van der Waals surface area (Å²) >= 11 is 0. The highest BCUT2D eigenvalue weighted by Crippen LogP contribution is 2.34. The fraction of sp³-hybridized carbons (Fsp3) is 0.0217. The van der Waals surface area contributed by atoms with Crippen molar-refractivity contribution in [1.29, 1.82) is 0 Å². The SMILES string of the molecule is C=C/C=C(\C=C(/C)c1nc(-c2ccccc2)nc(-c2ccc3c(c2)oc2ccccc23)n1)c1ccc(-n2c3ccccc3c3ccccc32)cc1. The largest absolute Gasteiger partial charge is 0.456 e. The Morgan fingerprint density at radius 1 is 0.588 bits per heavy atom. The molecular formula is C46H32N4O. The van der Waals surface area contributed by atoms with Crippen LogP contribution < -0.4 is 0 Å². The zero-order valence-corrected chi connectivity index (χ0v) is 28.0. The van der Waals surface area contributed by atoms with Crippen molar-refractivity contribution in [3.63, 3.8) is 0 Å². The molecule has 5 heteroatoms. The quantitative estimate of drug-likeness (QED) is 0.160. The molecule has 0 N–H and O–H groups in total. The van der Waals surface area contributed by atoms with E-state index < -0.39 is 0 Å². The number of allylic oxidation sites excluding steroid dienone is 5. The Morgan fingerprint density at radius 3 is 1.90 bits per heavy atom. The number of fused-ring (bicyclic) bond motifs is 6. The van der Waals surface area contributed by atoms with Crippen molar-refractivity contribution >= 4 is 54.9 Å². The molecule has 9 aromatic rings. The minimum atomic E-state index is 0.582. The third-order valence-corrected chi connectivity index (χ3v) is 9.37. The molecule has 0 aliphatic carbocycles. The first kappa shape index (κ1) is 30.2. The summed E-state index contributed by atoms with van der Waals surface area (Å²) in [4.78, 5) is 14.9. The Morgan fingerprint density at radius 2 is 1.20 bits per heavy atom. The van der Waals surface area contributed by atoms with Crippen molar-refractivity contribution in [2.75, 3.05) is 0 Å². The number of nitrogens with zero attached hydrogens (tertiary/aromatic N) is 4. The molecule has 0 unspecified atom stereocenters. The Balaban J connectivity index is 1.11. The van der Waals surface area contributed by atoms with Gasteiger partial charge in [0.05, 0.1) is 11.0 Å². The summed E-state index contributed by atoms with van der Waals surface area (Å²) in [5.74, 6) is 1.79. The van der Waals surface area contributed by atoms with Crippen LogP contribution in [0.2, 0.25) is 0 Å². The summed E-state index contributed by atoms with van der Waals surface area (Å²) in [5, 5.41) is 4.63. The van der Waals surface area contributed by atoms with Crippen LogP contribution in [0.3, 0.4) is 0 Å². The molecule has 9 rings (SSSR count). The maximum Gasteiger partial charge on any atom is 0.164 e. The van der Waals surface area contributed by atoms with Crippen LogP contribution in [-0.2, 0) is 0 Å². The molecule has 0 saturated heterocycles. The maximum absolute atomic E-state index is 6.21. The molecule has 51 heavy (non-hydrogen) atoms. The maximum atomic E-state index is 6.21. The number of hydrogen-bond donors (Lipinski definition) is 0. The van der Waals surface area contributed by atoms with E-state index in [1.54, 1.807) is 0 Å². The van der Waals surface area contributed by atoms with Crippen LogP contribution >= 0.6 is 0 Å². The average molecular weight is 657 g/mol. The molecule has 0 amide bonds. The molecule has 0 spiro atoms. The van der Waals surface area contributed by atoms with E-state index in [1.165, 1.54) is 21.8 Å². The topological polar surface area (TPSA) is 56.7 Å². The van der Waals surface area contributed by atoms with Crippen molar-refractivity contribution in [3.8, 4) is 28.5 Å². The number of rotatable bonds is 7. The van der Waals surface area contributed by atoms with Crippen LogP contribution in [0, 0.1) is 0 Å². The van der Waals surface area contributed by atoms with Gasteiger partial charge in [0, 0.05) is 38.4 Å². The van der Waals surface area contributed by atoms with Gasteiger partial charge in [-0.2, -0.15) is 0 Å². The van der Waals surface area contributed by atoms with E-state index in [0.29, 0.717) is 17.5 Å². The predicted molar refractivity (Wildman–Crippen MR) is 211 cm³/mol. The third-order valence-electron chi connectivity index (χ3n) is 9.37. The van der Waals surface area contributed by atoms with Crippen molar-refractivity contribution in [2.24, 2.45) is 0 Å². The van der Waals surface area contributed by atoms with E-state index in [0.717, 1.165) is 55.5 Å². The first-order valence-electron chi connectivity index (χ1n) is 17.0. The molecule has 3 aromatic heterocycles. The molecule has 3 heterocycles. The minimum absolute atomic E-state index is 0.582.